The lowest BCUT2D eigenvalue weighted by Crippen LogP contribution is -2.26. The Morgan fingerprint density at radius 1 is 0.383 bits per heavy atom. The molecule has 0 amide bonds. The molecule has 0 aliphatic heterocycles. The second-order valence-electron chi connectivity index (χ2n) is 17.2. The van der Waals surface area contributed by atoms with Crippen molar-refractivity contribution in [2.45, 2.75) is 24.7 Å². The van der Waals surface area contributed by atoms with Crippen molar-refractivity contribution < 1.29 is 0 Å². The highest BCUT2D eigenvalue weighted by molar-refractivity contribution is 7.26. The van der Waals surface area contributed by atoms with Crippen LogP contribution in [0.3, 0.4) is 0 Å². The first-order valence-corrected chi connectivity index (χ1v) is 21.8. The van der Waals surface area contributed by atoms with Crippen LogP contribution >= 0.6 is 11.3 Å². The Morgan fingerprint density at radius 2 is 0.900 bits per heavy atom. The van der Waals surface area contributed by atoms with Gasteiger partial charge < -0.3 is 4.90 Å². The van der Waals surface area contributed by atoms with Gasteiger partial charge in [0.25, 0.3) is 0 Å². The number of benzene rings is 9. The molecule has 3 aliphatic rings. The maximum absolute atomic E-state index is 2.60. The van der Waals surface area contributed by atoms with Crippen molar-refractivity contribution in [2.24, 2.45) is 0 Å². The first-order chi connectivity index (χ1) is 29.5. The molecule has 1 heterocycles. The lowest BCUT2D eigenvalue weighted by Gasteiger charge is -2.33. The van der Waals surface area contributed by atoms with E-state index in [9.17, 15) is 0 Å². The van der Waals surface area contributed by atoms with Gasteiger partial charge in [0.15, 0.2) is 0 Å². The molecule has 0 unspecified atom stereocenters. The van der Waals surface area contributed by atoms with Gasteiger partial charge in [-0.3, -0.25) is 0 Å². The molecule has 1 aromatic heterocycles. The molecule has 60 heavy (non-hydrogen) atoms. The fourth-order valence-electron chi connectivity index (χ4n) is 11.3. The largest absolute Gasteiger partial charge is 0.308 e. The van der Waals surface area contributed by atoms with Crippen molar-refractivity contribution in [2.75, 3.05) is 4.90 Å². The summed E-state index contributed by atoms with van der Waals surface area (Å²) < 4.78 is 2.61. The molecule has 282 valence electrons. The molecule has 1 nitrogen and oxygen atoms in total. The molecule has 1 spiro atoms. The van der Waals surface area contributed by atoms with E-state index in [2.05, 4.69) is 219 Å². The van der Waals surface area contributed by atoms with Gasteiger partial charge in [0.1, 0.15) is 0 Å². The van der Waals surface area contributed by atoms with E-state index in [0.717, 1.165) is 5.69 Å². The van der Waals surface area contributed by atoms with Crippen molar-refractivity contribution in [3.63, 3.8) is 0 Å². The molecule has 3 aliphatic carbocycles. The van der Waals surface area contributed by atoms with E-state index in [1.807, 2.05) is 11.3 Å². The van der Waals surface area contributed by atoms with Gasteiger partial charge in [0, 0.05) is 37.8 Å². The van der Waals surface area contributed by atoms with Crippen LogP contribution in [0.1, 0.15) is 47.2 Å². The highest BCUT2D eigenvalue weighted by Gasteiger charge is 2.53. The zero-order chi connectivity index (χ0) is 39.7. The predicted octanol–water partition coefficient (Wildman–Crippen LogP) is 15.8. The number of rotatable bonds is 4. The van der Waals surface area contributed by atoms with Gasteiger partial charge in [0.2, 0.25) is 0 Å². The van der Waals surface area contributed by atoms with Crippen LogP contribution in [0.4, 0.5) is 17.1 Å². The molecule has 0 fully saturated rings. The van der Waals surface area contributed by atoms with E-state index in [1.54, 1.807) is 0 Å². The summed E-state index contributed by atoms with van der Waals surface area (Å²) in [5.74, 6) is 0. The standard InChI is InChI=1S/C58H39NS/c1-57(2)47-23-11-6-18-40(47)43-33-32-39(34-51(43)57)59(38-30-28-37(29-31-38)36-16-4-3-5-17-36)55-54-45-22-9-14-26-50(45)58(48-24-12-7-19-41(48)42-20-8-13-25-49(42)58)52(54)35-46-44-21-10-15-27-53(44)60-56(46)55/h3-35H,1-2H3. The maximum atomic E-state index is 2.60. The Morgan fingerprint density at radius 3 is 1.60 bits per heavy atom. The van der Waals surface area contributed by atoms with Crippen molar-refractivity contribution in [3.8, 4) is 44.5 Å². The van der Waals surface area contributed by atoms with Crippen molar-refractivity contribution >= 4 is 48.6 Å². The number of fused-ring (bicyclic) bond motifs is 16. The van der Waals surface area contributed by atoms with Gasteiger partial charge in [-0.15, -0.1) is 11.3 Å². The van der Waals surface area contributed by atoms with E-state index < -0.39 is 5.41 Å². The average molecular weight is 782 g/mol. The van der Waals surface area contributed by atoms with Gasteiger partial charge in [-0.2, -0.15) is 0 Å². The van der Waals surface area contributed by atoms with Crippen LogP contribution in [0, 0.1) is 0 Å². The van der Waals surface area contributed by atoms with Crippen LogP contribution in [0.25, 0.3) is 64.7 Å². The molecule has 13 rings (SSSR count). The topological polar surface area (TPSA) is 3.24 Å². The molecule has 0 atom stereocenters. The second kappa shape index (κ2) is 12.3. The Bertz CT molecular complexity index is 3360. The first kappa shape index (κ1) is 33.9. The highest BCUT2D eigenvalue weighted by Crippen LogP contribution is 2.66. The average Bonchev–Trinajstić information content (AvgIpc) is 3.99. The van der Waals surface area contributed by atoms with E-state index in [-0.39, 0.29) is 5.41 Å². The molecule has 0 bridgehead atoms. The van der Waals surface area contributed by atoms with Crippen LogP contribution in [-0.2, 0) is 10.8 Å². The fourth-order valence-corrected chi connectivity index (χ4v) is 12.5. The number of thiophene rings is 1. The smallest absolute Gasteiger partial charge is 0.0726 e. The van der Waals surface area contributed by atoms with Gasteiger partial charge in [0.05, 0.1) is 15.8 Å². The van der Waals surface area contributed by atoms with Crippen molar-refractivity contribution in [1.29, 1.82) is 0 Å². The van der Waals surface area contributed by atoms with E-state index in [0.29, 0.717) is 0 Å². The maximum Gasteiger partial charge on any atom is 0.0726 e. The summed E-state index contributed by atoms with van der Waals surface area (Å²) in [5, 5.41) is 2.61. The van der Waals surface area contributed by atoms with Crippen LogP contribution in [0.2, 0.25) is 0 Å². The summed E-state index contributed by atoms with van der Waals surface area (Å²) in [6, 6.07) is 75.4. The van der Waals surface area contributed by atoms with E-state index in [4.69, 9.17) is 0 Å². The molecule has 2 heteroatoms. The van der Waals surface area contributed by atoms with Crippen LogP contribution in [-0.4, -0.2) is 0 Å². The summed E-state index contributed by atoms with van der Waals surface area (Å²) in [4.78, 5) is 2.60. The first-order valence-electron chi connectivity index (χ1n) is 21.0. The number of nitrogens with zero attached hydrogens (tertiary/aromatic N) is 1. The molecular weight excluding hydrogens is 743 g/mol. The minimum Gasteiger partial charge on any atom is -0.308 e. The zero-order valence-electron chi connectivity index (χ0n) is 33.4. The third-order valence-corrected chi connectivity index (χ3v) is 15.1. The lowest BCUT2D eigenvalue weighted by molar-refractivity contribution is 0.660. The Hall–Kier alpha value is -7.00. The molecule has 0 N–H and O–H groups in total. The predicted molar refractivity (Wildman–Crippen MR) is 253 cm³/mol. The minimum atomic E-state index is -0.477. The molecule has 0 saturated heterocycles. The third-order valence-electron chi connectivity index (χ3n) is 13.9. The quantitative estimate of drug-likeness (QED) is 0.172. The summed E-state index contributed by atoms with van der Waals surface area (Å²) in [5.41, 5.74) is 21.4. The number of hydrogen-bond donors (Lipinski definition) is 0. The summed E-state index contributed by atoms with van der Waals surface area (Å²) in [6.45, 7) is 4.78. The van der Waals surface area contributed by atoms with E-state index in [1.165, 1.54) is 109 Å². The molecule has 0 saturated carbocycles. The Labute approximate surface area is 354 Å². The van der Waals surface area contributed by atoms with Gasteiger partial charge >= 0.3 is 0 Å². The van der Waals surface area contributed by atoms with Crippen LogP contribution in [0.5, 0.6) is 0 Å². The fraction of sp³-hybridized carbons (Fsp3) is 0.0690. The van der Waals surface area contributed by atoms with Gasteiger partial charge in [-0.1, -0.05) is 178 Å². The lowest BCUT2D eigenvalue weighted by atomic mass is 9.70. The second-order valence-corrected chi connectivity index (χ2v) is 18.2. The zero-order valence-corrected chi connectivity index (χ0v) is 34.2. The summed E-state index contributed by atoms with van der Waals surface area (Å²) in [6.07, 6.45) is 0. The van der Waals surface area contributed by atoms with Gasteiger partial charge in [-0.05, 0) is 109 Å². The summed E-state index contributed by atoms with van der Waals surface area (Å²) in [7, 11) is 0. The van der Waals surface area contributed by atoms with E-state index >= 15 is 0 Å². The van der Waals surface area contributed by atoms with Crippen molar-refractivity contribution in [1.82, 2.24) is 0 Å². The van der Waals surface area contributed by atoms with Crippen LogP contribution in [0.15, 0.2) is 200 Å². The Balaban J connectivity index is 1.18. The molecular formula is C58H39NS. The van der Waals surface area contributed by atoms with Gasteiger partial charge in [-0.25, -0.2) is 0 Å². The molecule has 10 aromatic rings. The third kappa shape index (κ3) is 4.36. The van der Waals surface area contributed by atoms with Crippen molar-refractivity contribution in [3.05, 3.63) is 234 Å². The monoisotopic (exact) mass is 781 g/mol. The molecule has 0 radical (unpaired) electrons. The summed E-state index contributed by atoms with van der Waals surface area (Å²) >= 11 is 1.92. The highest BCUT2D eigenvalue weighted by atomic mass is 32.1. The normalized spacial score (nSPS) is 14.4. The minimum absolute atomic E-state index is 0.149. The van der Waals surface area contributed by atoms with Crippen LogP contribution < -0.4 is 4.90 Å². The Kier molecular flexibility index (Phi) is 6.94. The SMILES string of the molecule is CC1(C)c2ccccc2-c2ccc(N(c3ccc(-c4ccccc4)cc3)c3c4c(cc5c3sc3ccccc35)C3(c5ccccc5-c5ccccc53)c3ccccc3-4)cc21. The number of hydrogen-bond acceptors (Lipinski definition) is 2. The number of anilines is 3. The molecule has 9 aromatic carbocycles.